The van der Waals surface area contributed by atoms with Crippen LogP contribution in [0.4, 0.5) is 11.4 Å². The third kappa shape index (κ3) is 5.30. The molecule has 31 heavy (non-hydrogen) atoms. The van der Waals surface area contributed by atoms with Crippen LogP contribution in [0.2, 0.25) is 0 Å². The number of rotatable bonds is 7. The monoisotopic (exact) mass is 421 g/mol. The second-order valence-corrected chi connectivity index (χ2v) is 9.26. The predicted molar refractivity (Wildman–Crippen MR) is 126 cm³/mol. The van der Waals surface area contributed by atoms with Crippen LogP contribution >= 0.6 is 0 Å². The molecule has 0 unspecified atom stereocenters. The fraction of sp³-hybridized carbons (Fsp3) is 0.519. The van der Waals surface area contributed by atoms with Crippen molar-refractivity contribution in [2.45, 2.75) is 76.0 Å². The molecule has 4 heteroatoms. The molecule has 0 bridgehead atoms. The van der Waals surface area contributed by atoms with Crippen LogP contribution < -0.4 is 4.90 Å². The van der Waals surface area contributed by atoms with Crippen molar-refractivity contribution in [2.24, 2.45) is 0 Å². The number of nitrogens with zero attached hydrogens (tertiary/aromatic N) is 1. The smallest absolute Gasteiger partial charge is 0.335 e. The van der Waals surface area contributed by atoms with Crippen LogP contribution in [0.5, 0.6) is 0 Å². The molecule has 0 atom stereocenters. The lowest BCUT2D eigenvalue weighted by molar-refractivity contribution is 0.0697. The maximum absolute atomic E-state index is 11.3. The van der Waals surface area contributed by atoms with Gasteiger partial charge < -0.3 is 15.1 Å². The van der Waals surface area contributed by atoms with Crippen molar-refractivity contribution in [1.29, 1.82) is 0 Å². The summed E-state index contributed by atoms with van der Waals surface area (Å²) in [6, 6.07) is 14.1. The molecule has 166 valence electrons. The Hall–Kier alpha value is -2.33. The predicted octanol–water partition coefficient (Wildman–Crippen LogP) is 6.61. The van der Waals surface area contributed by atoms with E-state index < -0.39 is 5.97 Å². The van der Waals surface area contributed by atoms with Crippen molar-refractivity contribution in [3.63, 3.8) is 0 Å². The summed E-state index contributed by atoms with van der Waals surface area (Å²) >= 11 is 0. The van der Waals surface area contributed by atoms with E-state index in [4.69, 9.17) is 0 Å². The Morgan fingerprint density at radius 2 is 1.29 bits per heavy atom. The lowest BCUT2D eigenvalue weighted by Crippen LogP contribution is -2.22. The number of carboxylic acid groups (broad SMARTS) is 1. The Morgan fingerprint density at radius 1 is 0.774 bits per heavy atom. The molecule has 2 aliphatic rings. The highest BCUT2D eigenvalue weighted by Gasteiger charge is 2.22. The van der Waals surface area contributed by atoms with Gasteiger partial charge in [-0.3, -0.25) is 0 Å². The van der Waals surface area contributed by atoms with Gasteiger partial charge in [-0.25, -0.2) is 4.79 Å². The molecule has 2 N–H and O–H groups in total. The molecule has 2 fully saturated rings. The van der Waals surface area contributed by atoms with Gasteiger partial charge in [0.2, 0.25) is 0 Å². The molecule has 0 heterocycles. The Kier molecular flexibility index (Phi) is 7.29. The quantitative estimate of drug-likeness (QED) is 0.528. The fourth-order valence-electron chi connectivity index (χ4n) is 5.45. The number of anilines is 2. The van der Waals surface area contributed by atoms with Gasteiger partial charge in [0.15, 0.2) is 0 Å². The van der Waals surface area contributed by atoms with E-state index >= 15 is 0 Å². The number of benzene rings is 2. The zero-order chi connectivity index (χ0) is 21.6. The standard InChI is InChI=1S/C27H35NO3/c29-16-15-28(25-13-11-22(12-14-25)27(30)31)26-18-23(20-7-3-1-4-8-20)17-24(19-26)21-9-5-2-6-10-21/h11-14,17-21,29H,1-10,15-16H2,(H,30,31). The lowest BCUT2D eigenvalue weighted by atomic mass is 9.79. The first-order chi connectivity index (χ1) is 15.2. The summed E-state index contributed by atoms with van der Waals surface area (Å²) in [6.45, 7) is 0.539. The summed E-state index contributed by atoms with van der Waals surface area (Å²) in [5.41, 5.74) is 5.23. The molecular weight excluding hydrogens is 386 g/mol. The maximum atomic E-state index is 11.3. The number of aliphatic hydroxyl groups is 1. The average Bonchev–Trinajstić information content (AvgIpc) is 2.83. The van der Waals surface area contributed by atoms with Gasteiger partial charge in [0.1, 0.15) is 0 Å². The van der Waals surface area contributed by atoms with Crippen molar-refractivity contribution in [2.75, 3.05) is 18.1 Å². The molecule has 2 aliphatic carbocycles. The van der Waals surface area contributed by atoms with E-state index in [-0.39, 0.29) is 12.2 Å². The van der Waals surface area contributed by atoms with E-state index in [2.05, 4.69) is 23.1 Å². The molecule has 0 saturated heterocycles. The third-order valence-electron chi connectivity index (χ3n) is 7.18. The third-order valence-corrected chi connectivity index (χ3v) is 7.18. The van der Waals surface area contributed by atoms with Crippen LogP contribution in [0.1, 0.15) is 97.5 Å². The highest BCUT2D eigenvalue weighted by Crippen LogP contribution is 2.40. The lowest BCUT2D eigenvalue weighted by Gasteiger charge is -2.30. The Bertz CT molecular complexity index is 828. The number of hydrogen-bond donors (Lipinski definition) is 2. The van der Waals surface area contributed by atoms with Gasteiger partial charge in [-0.15, -0.1) is 0 Å². The number of hydrogen-bond acceptors (Lipinski definition) is 3. The van der Waals surface area contributed by atoms with E-state index in [0.29, 0.717) is 18.4 Å². The first-order valence-electron chi connectivity index (χ1n) is 12.0. The molecule has 0 aromatic heterocycles. The number of carboxylic acids is 1. The minimum atomic E-state index is -0.917. The number of carbonyl (C=O) groups is 1. The van der Waals surface area contributed by atoms with Crippen LogP contribution in [0.15, 0.2) is 42.5 Å². The second kappa shape index (κ2) is 10.3. The molecule has 0 spiro atoms. The van der Waals surface area contributed by atoms with Gasteiger partial charge in [-0.2, -0.15) is 0 Å². The first kappa shape index (κ1) is 21.9. The molecule has 0 amide bonds. The summed E-state index contributed by atoms with van der Waals surface area (Å²) in [4.78, 5) is 13.4. The van der Waals surface area contributed by atoms with Crippen LogP contribution in [-0.4, -0.2) is 29.3 Å². The normalized spacial score (nSPS) is 18.1. The summed E-state index contributed by atoms with van der Waals surface area (Å²) < 4.78 is 0. The van der Waals surface area contributed by atoms with Gasteiger partial charge in [0.25, 0.3) is 0 Å². The van der Waals surface area contributed by atoms with E-state index in [1.165, 1.54) is 75.3 Å². The zero-order valence-corrected chi connectivity index (χ0v) is 18.4. The van der Waals surface area contributed by atoms with Crippen LogP contribution in [0, 0.1) is 0 Å². The van der Waals surface area contributed by atoms with E-state index in [0.717, 1.165) is 11.4 Å². The molecule has 2 aromatic rings. The van der Waals surface area contributed by atoms with Gasteiger partial charge in [0, 0.05) is 17.9 Å². The number of aromatic carboxylic acids is 1. The molecule has 2 saturated carbocycles. The molecule has 0 radical (unpaired) electrons. The summed E-state index contributed by atoms with van der Waals surface area (Å²) in [6.07, 6.45) is 13.0. The van der Waals surface area contributed by atoms with Crippen LogP contribution in [0.3, 0.4) is 0 Å². The van der Waals surface area contributed by atoms with Gasteiger partial charge >= 0.3 is 5.97 Å². The van der Waals surface area contributed by atoms with Crippen LogP contribution in [-0.2, 0) is 0 Å². The summed E-state index contributed by atoms with van der Waals surface area (Å²) in [5, 5.41) is 19.0. The SMILES string of the molecule is O=C(O)c1ccc(N(CCO)c2cc(C3CCCCC3)cc(C3CCCCC3)c2)cc1. The minimum absolute atomic E-state index is 0.0487. The van der Waals surface area contributed by atoms with E-state index in [1.54, 1.807) is 12.1 Å². The minimum Gasteiger partial charge on any atom is -0.478 e. The average molecular weight is 422 g/mol. The van der Waals surface area contributed by atoms with Crippen molar-refractivity contribution < 1.29 is 15.0 Å². The van der Waals surface area contributed by atoms with E-state index in [1.807, 2.05) is 12.1 Å². The molecule has 0 aliphatic heterocycles. The van der Waals surface area contributed by atoms with Crippen molar-refractivity contribution in [3.8, 4) is 0 Å². The molecular formula is C27H35NO3. The second-order valence-electron chi connectivity index (χ2n) is 9.26. The van der Waals surface area contributed by atoms with Crippen molar-refractivity contribution in [3.05, 3.63) is 59.2 Å². The van der Waals surface area contributed by atoms with E-state index in [9.17, 15) is 15.0 Å². The largest absolute Gasteiger partial charge is 0.478 e. The van der Waals surface area contributed by atoms with Gasteiger partial charge in [0.05, 0.1) is 12.2 Å². The van der Waals surface area contributed by atoms with Gasteiger partial charge in [-0.1, -0.05) is 44.6 Å². The topological polar surface area (TPSA) is 60.8 Å². The molecule has 2 aromatic carbocycles. The fourth-order valence-corrected chi connectivity index (χ4v) is 5.45. The molecule has 4 nitrogen and oxygen atoms in total. The van der Waals surface area contributed by atoms with Gasteiger partial charge in [-0.05, 0) is 85.0 Å². The Morgan fingerprint density at radius 3 is 1.74 bits per heavy atom. The Labute approximate surface area is 185 Å². The Balaban J connectivity index is 1.72. The van der Waals surface area contributed by atoms with Crippen molar-refractivity contribution >= 4 is 17.3 Å². The van der Waals surface area contributed by atoms with Crippen molar-refractivity contribution in [1.82, 2.24) is 0 Å². The summed E-state index contributed by atoms with van der Waals surface area (Å²) in [5.74, 6) is 0.335. The zero-order valence-electron chi connectivity index (χ0n) is 18.4. The number of aliphatic hydroxyl groups excluding tert-OH is 1. The summed E-state index contributed by atoms with van der Waals surface area (Å²) in [7, 11) is 0. The highest BCUT2D eigenvalue weighted by atomic mass is 16.4. The first-order valence-corrected chi connectivity index (χ1v) is 12.0. The highest BCUT2D eigenvalue weighted by molar-refractivity contribution is 5.88. The maximum Gasteiger partial charge on any atom is 0.335 e. The van der Waals surface area contributed by atoms with Crippen LogP contribution in [0.25, 0.3) is 0 Å². The molecule has 4 rings (SSSR count).